The molecule has 0 amide bonds. The van der Waals surface area contributed by atoms with E-state index in [1.165, 1.54) is 11.1 Å². The van der Waals surface area contributed by atoms with Crippen LogP contribution < -0.4 is 4.74 Å². The number of rotatable bonds is 1. The van der Waals surface area contributed by atoms with Gasteiger partial charge in [0.25, 0.3) is 0 Å². The summed E-state index contributed by atoms with van der Waals surface area (Å²) in [6.45, 7) is 0. The number of benzene rings is 1. The molecule has 2 rings (SSSR count). The summed E-state index contributed by atoms with van der Waals surface area (Å²) >= 11 is 1.83. The highest BCUT2D eigenvalue weighted by molar-refractivity contribution is 8.01. The second kappa shape index (κ2) is 3.23. The van der Waals surface area contributed by atoms with E-state index in [0.29, 0.717) is 0 Å². The third-order valence-electron chi connectivity index (χ3n) is 1.94. The molecule has 0 saturated carbocycles. The highest BCUT2D eigenvalue weighted by atomic mass is 32.2. The molecule has 1 nitrogen and oxygen atoms in total. The third kappa shape index (κ3) is 1.34. The van der Waals surface area contributed by atoms with Crippen molar-refractivity contribution in [3.63, 3.8) is 0 Å². The number of methoxy groups -OCH3 is 1. The molecule has 0 saturated heterocycles. The largest absolute Gasteiger partial charge is 0.497 e. The highest BCUT2D eigenvalue weighted by Gasteiger charge is 2.04. The topological polar surface area (TPSA) is 9.23 Å². The smallest absolute Gasteiger partial charge is 0.119 e. The first-order valence-corrected chi connectivity index (χ1v) is 4.90. The Morgan fingerprint density at radius 1 is 1.42 bits per heavy atom. The molecule has 12 heavy (non-hydrogen) atoms. The van der Waals surface area contributed by atoms with Crippen molar-refractivity contribution in [3.8, 4) is 5.75 Å². The van der Waals surface area contributed by atoms with Crippen LogP contribution in [0.5, 0.6) is 5.75 Å². The van der Waals surface area contributed by atoms with E-state index in [9.17, 15) is 0 Å². The Hall–Kier alpha value is -0.890. The minimum Gasteiger partial charge on any atom is -0.497 e. The van der Waals surface area contributed by atoms with Crippen LogP contribution in [0.3, 0.4) is 0 Å². The molecule has 2 heteroatoms. The van der Waals surface area contributed by atoms with Crippen LogP contribution in [0, 0.1) is 0 Å². The number of thioether (sulfide) groups is 1. The number of hydrogen-bond donors (Lipinski definition) is 0. The lowest BCUT2D eigenvalue weighted by molar-refractivity contribution is 0.414. The molecule has 1 aliphatic rings. The van der Waals surface area contributed by atoms with Crippen LogP contribution in [0.2, 0.25) is 0 Å². The van der Waals surface area contributed by atoms with Crippen LogP contribution in [0.25, 0.3) is 6.08 Å². The minimum atomic E-state index is 0.935. The van der Waals surface area contributed by atoms with Gasteiger partial charge in [-0.3, -0.25) is 0 Å². The normalized spacial score (nSPS) is 14.1. The number of fused-ring (bicyclic) bond motifs is 1. The van der Waals surface area contributed by atoms with Crippen LogP contribution in [0.15, 0.2) is 23.6 Å². The molecule has 0 N–H and O–H groups in total. The maximum atomic E-state index is 5.14. The van der Waals surface area contributed by atoms with Crippen LogP contribution >= 0.6 is 11.8 Å². The van der Waals surface area contributed by atoms with E-state index in [0.717, 1.165) is 11.5 Å². The van der Waals surface area contributed by atoms with Crippen LogP contribution in [-0.4, -0.2) is 7.11 Å². The summed E-state index contributed by atoms with van der Waals surface area (Å²) in [5.41, 5.74) is 2.68. The van der Waals surface area contributed by atoms with Gasteiger partial charge in [0.15, 0.2) is 0 Å². The lowest BCUT2D eigenvalue weighted by Gasteiger charge is -2.10. The van der Waals surface area contributed by atoms with Crippen molar-refractivity contribution in [3.05, 3.63) is 34.7 Å². The molecule has 1 aromatic rings. The van der Waals surface area contributed by atoms with E-state index in [-0.39, 0.29) is 0 Å². The van der Waals surface area contributed by atoms with Crippen molar-refractivity contribution in [1.29, 1.82) is 0 Å². The molecule has 62 valence electrons. The van der Waals surface area contributed by atoms with Gasteiger partial charge in [-0.1, -0.05) is 6.07 Å². The van der Waals surface area contributed by atoms with E-state index in [1.54, 1.807) is 7.11 Å². The van der Waals surface area contributed by atoms with E-state index in [2.05, 4.69) is 23.6 Å². The molecular weight excluding hydrogens is 168 g/mol. The van der Waals surface area contributed by atoms with E-state index in [4.69, 9.17) is 4.74 Å². The second-order valence-corrected chi connectivity index (χ2v) is 3.57. The van der Waals surface area contributed by atoms with E-state index >= 15 is 0 Å². The van der Waals surface area contributed by atoms with Gasteiger partial charge < -0.3 is 4.74 Å². The fourth-order valence-electron chi connectivity index (χ4n) is 1.25. The van der Waals surface area contributed by atoms with Gasteiger partial charge in [0.2, 0.25) is 0 Å². The van der Waals surface area contributed by atoms with Gasteiger partial charge in [0.1, 0.15) is 5.75 Å². The highest BCUT2D eigenvalue weighted by Crippen LogP contribution is 2.27. The van der Waals surface area contributed by atoms with Crippen molar-refractivity contribution in [2.24, 2.45) is 0 Å². The zero-order valence-electron chi connectivity index (χ0n) is 6.91. The Bertz CT molecular complexity index is 318. The zero-order chi connectivity index (χ0) is 8.39. The Labute approximate surface area is 76.4 Å². The van der Waals surface area contributed by atoms with Gasteiger partial charge in [0, 0.05) is 5.75 Å². The van der Waals surface area contributed by atoms with Gasteiger partial charge in [-0.2, -0.15) is 0 Å². The van der Waals surface area contributed by atoms with Crippen molar-refractivity contribution in [2.75, 3.05) is 7.11 Å². The van der Waals surface area contributed by atoms with E-state index in [1.807, 2.05) is 17.8 Å². The fraction of sp³-hybridized carbons (Fsp3) is 0.200. The molecule has 1 aromatic carbocycles. The predicted octanol–water partition coefficient (Wildman–Crippen LogP) is 2.91. The molecular formula is C10H10OS. The fourth-order valence-corrected chi connectivity index (χ4v) is 2.03. The average molecular weight is 178 g/mol. The summed E-state index contributed by atoms with van der Waals surface area (Å²) < 4.78 is 5.14. The van der Waals surface area contributed by atoms with Crippen LogP contribution in [0.1, 0.15) is 11.1 Å². The molecule has 0 aromatic heterocycles. The summed E-state index contributed by atoms with van der Waals surface area (Å²) in [5.74, 6) is 2.01. The molecule has 0 atom stereocenters. The predicted molar refractivity (Wildman–Crippen MR) is 53.3 cm³/mol. The molecule has 1 aliphatic heterocycles. The first-order chi connectivity index (χ1) is 5.90. The van der Waals surface area contributed by atoms with Crippen molar-refractivity contribution in [1.82, 2.24) is 0 Å². The van der Waals surface area contributed by atoms with Gasteiger partial charge >= 0.3 is 0 Å². The lowest BCUT2D eigenvalue weighted by atomic mass is 10.1. The van der Waals surface area contributed by atoms with Crippen LogP contribution in [-0.2, 0) is 5.75 Å². The lowest BCUT2D eigenvalue weighted by Crippen LogP contribution is -1.91. The first kappa shape index (κ1) is 7.74. The summed E-state index contributed by atoms with van der Waals surface area (Å²) in [6, 6.07) is 6.22. The summed E-state index contributed by atoms with van der Waals surface area (Å²) in [6.07, 6.45) is 2.13. The van der Waals surface area contributed by atoms with Gasteiger partial charge in [-0.15, -0.1) is 11.8 Å². The van der Waals surface area contributed by atoms with Gasteiger partial charge in [0.05, 0.1) is 7.11 Å². The molecule has 0 radical (unpaired) electrons. The maximum Gasteiger partial charge on any atom is 0.119 e. The Morgan fingerprint density at radius 2 is 2.33 bits per heavy atom. The molecule has 0 aliphatic carbocycles. The summed E-state index contributed by atoms with van der Waals surface area (Å²) in [7, 11) is 1.70. The van der Waals surface area contributed by atoms with Gasteiger partial charge in [-0.05, 0) is 34.7 Å². The third-order valence-corrected chi connectivity index (χ3v) is 2.74. The molecule has 0 spiro atoms. The Kier molecular flexibility index (Phi) is 2.09. The molecule has 0 bridgehead atoms. The average Bonchev–Trinajstić information content (AvgIpc) is 2.17. The minimum absolute atomic E-state index is 0.935. The van der Waals surface area contributed by atoms with Crippen molar-refractivity contribution >= 4 is 17.8 Å². The maximum absolute atomic E-state index is 5.14. The second-order valence-electron chi connectivity index (χ2n) is 2.68. The van der Waals surface area contributed by atoms with Crippen molar-refractivity contribution in [2.45, 2.75) is 5.75 Å². The van der Waals surface area contributed by atoms with Crippen molar-refractivity contribution < 1.29 is 4.74 Å². The first-order valence-electron chi connectivity index (χ1n) is 3.85. The summed E-state index contributed by atoms with van der Waals surface area (Å²) in [5, 5.41) is 2.13. The molecule has 0 unspecified atom stereocenters. The standard InChI is InChI=1S/C10H10OS/c1-11-10-3-2-9-7-12-5-4-8(9)6-10/h2-6H,7H2,1H3. The molecule has 1 heterocycles. The van der Waals surface area contributed by atoms with E-state index < -0.39 is 0 Å². The monoisotopic (exact) mass is 178 g/mol. The Balaban J connectivity index is 2.44. The SMILES string of the molecule is COc1ccc2c(c1)C=CSC2. The van der Waals surface area contributed by atoms with Crippen LogP contribution in [0.4, 0.5) is 0 Å². The number of hydrogen-bond acceptors (Lipinski definition) is 2. The summed E-state index contributed by atoms with van der Waals surface area (Å²) in [4.78, 5) is 0. The zero-order valence-corrected chi connectivity index (χ0v) is 7.73. The Morgan fingerprint density at radius 3 is 3.17 bits per heavy atom. The quantitative estimate of drug-likeness (QED) is 0.654. The molecule has 0 fully saturated rings. The van der Waals surface area contributed by atoms with Gasteiger partial charge in [-0.25, -0.2) is 0 Å². The number of ether oxygens (including phenoxy) is 1.